The standard InChI is InChI=1S/C29H21F3N4O3/c1-2-27(37)34-21-4-3-5-23(16-21)36-25-14-15-33-17-26(25)35(28(36)38)22-10-12-24(13-11-22)39-18-19-6-8-20(9-7-19)29(30,31)32/h2-17H,1,18H2,(H,34,37). The number of hydrogen-bond donors (Lipinski definition) is 1. The van der Waals surface area contributed by atoms with E-state index in [0.717, 1.165) is 18.2 Å². The summed E-state index contributed by atoms with van der Waals surface area (Å²) >= 11 is 0. The molecule has 0 fully saturated rings. The molecule has 0 radical (unpaired) electrons. The third-order valence-electron chi connectivity index (χ3n) is 5.98. The fourth-order valence-electron chi connectivity index (χ4n) is 4.11. The Morgan fingerprint density at radius 1 is 0.949 bits per heavy atom. The minimum absolute atomic E-state index is 0.0827. The number of nitrogens with zero attached hydrogens (tertiary/aromatic N) is 3. The predicted molar refractivity (Wildman–Crippen MR) is 141 cm³/mol. The highest BCUT2D eigenvalue weighted by Gasteiger charge is 2.29. The molecule has 0 saturated carbocycles. The number of hydrogen-bond acceptors (Lipinski definition) is 4. The van der Waals surface area contributed by atoms with Crippen molar-refractivity contribution >= 4 is 22.6 Å². The molecule has 5 aromatic rings. The molecule has 0 aliphatic heterocycles. The number of anilines is 1. The van der Waals surface area contributed by atoms with Gasteiger partial charge in [-0.1, -0.05) is 24.8 Å². The largest absolute Gasteiger partial charge is 0.489 e. The highest BCUT2D eigenvalue weighted by molar-refractivity contribution is 5.99. The van der Waals surface area contributed by atoms with Crippen LogP contribution < -0.4 is 15.7 Å². The minimum Gasteiger partial charge on any atom is -0.489 e. The number of carbonyl (C=O) groups excluding carboxylic acids is 1. The summed E-state index contributed by atoms with van der Waals surface area (Å²) < 4.78 is 47.1. The summed E-state index contributed by atoms with van der Waals surface area (Å²) in [6.45, 7) is 3.53. The Kier molecular flexibility index (Phi) is 6.76. The first kappa shape index (κ1) is 25.5. The van der Waals surface area contributed by atoms with E-state index in [9.17, 15) is 22.8 Å². The van der Waals surface area contributed by atoms with Crippen molar-refractivity contribution < 1.29 is 22.7 Å². The normalized spacial score (nSPS) is 11.4. The van der Waals surface area contributed by atoms with Crippen LogP contribution >= 0.6 is 0 Å². The molecule has 5 rings (SSSR count). The zero-order valence-electron chi connectivity index (χ0n) is 20.4. The van der Waals surface area contributed by atoms with Crippen LogP contribution in [0.1, 0.15) is 11.1 Å². The van der Waals surface area contributed by atoms with Gasteiger partial charge in [-0.05, 0) is 72.3 Å². The molecule has 39 heavy (non-hydrogen) atoms. The average molecular weight is 531 g/mol. The summed E-state index contributed by atoms with van der Waals surface area (Å²) in [6, 6.07) is 20.2. The van der Waals surface area contributed by atoms with Crippen LogP contribution in [0.4, 0.5) is 18.9 Å². The summed E-state index contributed by atoms with van der Waals surface area (Å²) in [7, 11) is 0. The monoisotopic (exact) mass is 530 g/mol. The van der Waals surface area contributed by atoms with Crippen LogP contribution in [0.5, 0.6) is 5.75 Å². The molecule has 196 valence electrons. The highest BCUT2D eigenvalue weighted by Crippen LogP contribution is 2.29. The molecule has 0 atom stereocenters. The Bertz CT molecular complexity index is 1720. The number of rotatable bonds is 7. The van der Waals surface area contributed by atoms with Crippen LogP contribution in [0.15, 0.2) is 109 Å². The number of carbonyl (C=O) groups is 1. The number of amides is 1. The Balaban J connectivity index is 1.43. The fraction of sp³-hybridized carbons (Fsp3) is 0.0690. The first-order valence-electron chi connectivity index (χ1n) is 11.8. The van der Waals surface area contributed by atoms with Crippen molar-refractivity contribution in [2.24, 2.45) is 0 Å². The van der Waals surface area contributed by atoms with Crippen molar-refractivity contribution in [1.29, 1.82) is 0 Å². The van der Waals surface area contributed by atoms with E-state index < -0.39 is 11.7 Å². The van der Waals surface area contributed by atoms with E-state index in [4.69, 9.17) is 4.74 Å². The van der Waals surface area contributed by atoms with Gasteiger partial charge in [0.2, 0.25) is 5.91 Å². The van der Waals surface area contributed by atoms with Crippen molar-refractivity contribution in [3.63, 3.8) is 0 Å². The number of imidazole rings is 1. The van der Waals surface area contributed by atoms with E-state index in [1.165, 1.54) is 21.3 Å². The smallest absolute Gasteiger partial charge is 0.416 e. The number of nitrogens with one attached hydrogen (secondary N) is 1. The van der Waals surface area contributed by atoms with Crippen LogP contribution in [0.2, 0.25) is 0 Å². The molecule has 2 aromatic heterocycles. The van der Waals surface area contributed by atoms with Gasteiger partial charge in [-0.25, -0.2) is 4.79 Å². The molecule has 2 heterocycles. The summed E-state index contributed by atoms with van der Waals surface area (Å²) in [4.78, 5) is 29.6. The molecule has 0 bridgehead atoms. The van der Waals surface area contributed by atoms with Crippen LogP contribution in [0, 0.1) is 0 Å². The van der Waals surface area contributed by atoms with Gasteiger partial charge < -0.3 is 10.1 Å². The lowest BCUT2D eigenvalue weighted by atomic mass is 10.1. The second kappa shape index (κ2) is 10.3. The molecular weight excluding hydrogens is 509 g/mol. The number of ether oxygens (including phenoxy) is 1. The molecule has 0 aliphatic carbocycles. The van der Waals surface area contributed by atoms with E-state index in [0.29, 0.717) is 39.4 Å². The number of pyridine rings is 1. The SMILES string of the molecule is C=CC(=O)Nc1cccc(-n2c(=O)n(-c3ccc(OCc4ccc(C(F)(F)F)cc4)cc3)c3cnccc32)c1. The van der Waals surface area contributed by atoms with Gasteiger partial charge in [-0.3, -0.25) is 18.9 Å². The van der Waals surface area contributed by atoms with Gasteiger partial charge in [0.05, 0.1) is 34.2 Å². The lowest BCUT2D eigenvalue weighted by Crippen LogP contribution is -2.22. The van der Waals surface area contributed by atoms with Gasteiger partial charge in [-0.15, -0.1) is 0 Å². The molecule has 0 unspecified atom stereocenters. The lowest BCUT2D eigenvalue weighted by Gasteiger charge is -2.10. The Morgan fingerprint density at radius 2 is 1.67 bits per heavy atom. The fourth-order valence-corrected chi connectivity index (χ4v) is 4.11. The quantitative estimate of drug-likeness (QED) is 0.266. The van der Waals surface area contributed by atoms with Crippen molar-refractivity contribution in [1.82, 2.24) is 14.1 Å². The van der Waals surface area contributed by atoms with Crippen LogP contribution in [-0.2, 0) is 17.6 Å². The number of benzene rings is 3. The maximum atomic E-state index is 13.7. The third-order valence-corrected chi connectivity index (χ3v) is 5.98. The van der Waals surface area contributed by atoms with Crippen LogP contribution in [-0.4, -0.2) is 20.0 Å². The van der Waals surface area contributed by atoms with Gasteiger partial charge >= 0.3 is 11.9 Å². The number of fused-ring (bicyclic) bond motifs is 1. The second-order valence-corrected chi connectivity index (χ2v) is 8.54. The molecule has 1 N–H and O–H groups in total. The third kappa shape index (κ3) is 5.30. The summed E-state index contributed by atoms with van der Waals surface area (Å²) in [5.41, 5.74) is 2.33. The zero-order chi connectivity index (χ0) is 27.6. The number of halogens is 3. The van der Waals surface area contributed by atoms with Crippen LogP contribution in [0.25, 0.3) is 22.4 Å². The average Bonchev–Trinajstić information content (AvgIpc) is 3.23. The van der Waals surface area contributed by atoms with Gasteiger partial charge in [0.25, 0.3) is 0 Å². The maximum absolute atomic E-state index is 13.7. The molecule has 7 nitrogen and oxygen atoms in total. The molecular formula is C29H21F3N4O3. The first-order valence-corrected chi connectivity index (χ1v) is 11.8. The maximum Gasteiger partial charge on any atom is 0.416 e. The molecule has 3 aromatic carbocycles. The Labute approximate surface area is 220 Å². The second-order valence-electron chi connectivity index (χ2n) is 8.54. The highest BCUT2D eigenvalue weighted by atomic mass is 19.4. The van der Waals surface area contributed by atoms with Crippen molar-refractivity contribution in [2.75, 3.05) is 5.32 Å². The molecule has 0 saturated heterocycles. The topological polar surface area (TPSA) is 78.2 Å². The lowest BCUT2D eigenvalue weighted by molar-refractivity contribution is -0.137. The van der Waals surface area contributed by atoms with Gasteiger partial charge in [0, 0.05) is 11.9 Å². The van der Waals surface area contributed by atoms with Crippen molar-refractivity contribution in [3.05, 3.63) is 126 Å². The van der Waals surface area contributed by atoms with Gasteiger partial charge in [-0.2, -0.15) is 13.2 Å². The van der Waals surface area contributed by atoms with E-state index in [2.05, 4.69) is 16.9 Å². The van der Waals surface area contributed by atoms with Gasteiger partial charge in [0.1, 0.15) is 12.4 Å². The number of alkyl halides is 3. The molecule has 0 aliphatic rings. The number of aromatic nitrogens is 3. The van der Waals surface area contributed by atoms with Crippen molar-refractivity contribution in [3.8, 4) is 17.1 Å². The van der Waals surface area contributed by atoms with E-state index in [-0.39, 0.29) is 18.2 Å². The zero-order valence-corrected chi connectivity index (χ0v) is 20.4. The molecule has 1 amide bonds. The van der Waals surface area contributed by atoms with E-state index >= 15 is 0 Å². The first-order chi connectivity index (χ1) is 18.7. The van der Waals surface area contributed by atoms with Crippen LogP contribution in [0.3, 0.4) is 0 Å². The Hall–Kier alpha value is -5.12. The minimum atomic E-state index is -4.39. The summed E-state index contributed by atoms with van der Waals surface area (Å²) in [5, 5.41) is 2.69. The van der Waals surface area contributed by atoms with Gasteiger partial charge in [0.15, 0.2) is 0 Å². The molecule has 0 spiro atoms. The van der Waals surface area contributed by atoms with E-state index in [1.807, 2.05) is 0 Å². The Morgan fingerprint density at radius 3 is 2.36 bits per heavy atom. The van der Waals surface area contributed by atoms with Crippen molar-refractivity contribution in [2.45, 2.75) is 12.8 Å². The summed E-state index contributed by atoms with van der Waals surface area (Å²) in [5.74, 6) is 0.117. The van der Waals surface area contributed by atoms with E-state index in [1.54, 1.807) is 67.0 Å². The predicted octanol–water partition coefficient (Wildman–Crippen LogP) is 5.90. The molecule has 10 heteroatoms. The summed E-state index contributed by atoms with van der Waals surface area (Å²) in [6.07, 6.45) is -0.0563.